The first-order valence-electron chi connectivity index (χ1n) is 12.5. The Bertz CT molecular complexity index is 1770. The van der Waals surface area contributed by atoms with Gasteiger partial charge in [0, 0.05) is 37.6 Å². The average molecular weight is 596 g/mol. The predicted molar refractivity (Wildman–Crippen MR) is 144 cm³/mol. The van der Waals surface area contributed by atoms with E-state index in [9.17, 15) is 27.6 Å². The quantitative estimate of drug-likeness (QED) is 0.340. The van der Waals surface area contributed by atoms with Crippen molar-refractivity contribution in [3.63, 3.8) is 0 Å². The highest BCUT2D eigenvalue weighted by Gasteiger charge is 2.37. The van der Waals surface area contributed by atoms with Crippen LogP contribution in [0.1, 0.15) is 24.3 Å². The van der Waals surface area contributed by atoms with Crippen LogP contribution in [0.5, 0.6) is 0 Å². The molecule has 1 aromatic carbocycles. The van der Waals surface area contributed by atoms with E-state index in [1.807, 2.05) is 0 Å². The van der Waals surface area contributed by atoms with Gasteiger partial charge in [0.25, 0.3) is 5.56 Å². The zero-order valence-electron chi connectivity index (χ0n) is 22.3. The van der Waals surface area contributed by atoms with Crippen LogP contribution >= 0.6 is 11.3 Å². The smallest absolute Gasteiger partial charge is 0.366 e. The molecular weight excluding hydrogens is 570 g/mol. The van der Waals surface area contributed by atoms with Gasteiger partial charge in [-0.15, -0.1) is 24.5 Å². The number of imidazole rings is 1. The normalized spacial score (nSPS) is 16.5. The van der Waals surface area contributed by atoms with Crippen molar-refractivity contribution in [1.29, 1.82) is 0 Å². The summed E-state index contributed by atoms with van der Waals surface area (Å²) in [6.45, 7) is 3.45. The molecule has 4 aromatic rings. The van der Waals surface area contributed by atoms with Gasteiger partial charge in [-0.3, -0.25) is 23.5 Å². The monoisotopic (exact) mass is 595 g/mol. The molecule has 41 heavy (non-hydrogen) atoms. The second-order valence-electron chi connectivity index (χ2n) is 9.71. The maximum Gasteiger partial charge on any atom is 0.522 e. The molecular formula is C25H25F4N7O4S. The number of anilines is 2. The summed E-state index contributed by atoms with van der Waals surface area (Å²) in [5, 5.41) is 2.96. The van der Waals surface area contributed by atoms with Crippen molar-refractivity contribution >= 4 is 39.2 Å². The molecule has 3 aromatic heterocycles. The van der Waals surface area contributed by atoms with Crippen LogP contribution in [0.3, 0.4) is 0 Å². The number of fused-ring (bicyclic) bond motifs is 1. The molecule has 0 saturated carbocycles. The Hall–Kier alpha value is -4.05. The van der Waals surface area contributed by atoms with Gasteiger partial charge in [0.2, 0.25) is 5.91 Å². The number of rotatable bonds is 6. The molecule has 2 atom stereocenters. The summed E-state index contributed by atoms with van der Waals surface area (Å²) >= 11 is 1.17. The lowest BCUT2D eigenvalue weighted by Crippen LogP contribution is -2.38. The zero-order valence-corrected chi connectivity index (χ0v) is 23.1. The van der Waals surface area contributed by atoms with Crippen molar-refractivity contribution in [2.45, 2.75) is 38.8 Å². The molecule has 1 saturated heterocycles. The number of hydrogen-bond donors (Lipinski definition) is 1. The van der Waals surface area contributed by atoms with E-state index in [1.165, 1.54) is 57.9 Å². The Kier molecular flexibility index (Phi) is 7.23. The number of nitrogens with zero attached hydrogens (tertiary/aromatic N) is 6. The molecule has 1 fully saturated rings. The molecule has 218 valence electrons. The number of aromatic nitrogens is 5. The van der Waals surface area contributed by atoms with Crippen LogP contribution in [-0.2, 0) is 23.6 Å². The summed E-state index contributed by atoms with van der Waals surface area (Å²) < 4.78 is 60.3. The van der Waals surface area contributed by atoms with E-state index in [4.69, 9.17) is 0 Å². The molecule has 0 radical (unpaired) electrons. The number of aryl methyl sites for hydroxylation is 2. The van der Waals surface area contributed by atoms with Crippen LogP contribution in [0.15, 0.2) is 34.1 Å². The molecule has 1 aliphatic heterocycles. The highest BCUT2D eigenvalue weighted by molar-refractivity contribution is 7.16. The first-order chi connectivity index (χ1) is 19.2. The topological polar surface area (TPSA) is 116 Å². The van der Waals surface area contributed by atoms with Crippen LogP contribution in [-0.4, -0.2) is 55.1 Å². The van der Waals surface area contributed by atoms with Gasteiger partial charge in [0.1, 0.15) is 11.9 Å². The van der Waals surface area contributed by atoms with Crippen molar-refractivity contribution in [2.75, 3.05) is 23.3 Å². The zero-order chi connectivity index (χ0) is 29.8. The number of halogens is 4. The minimum Gasteiger partial charge on any atom is -0.366 e. The molecule has 0 aliphatic carbocycles. The molecule has 0 unspecified atom stereocenters. The number of hydrogen-bond acceptors (Lipinski definition) is 8. The van der Waals surface area contributed by atoms with Gasteiger partial charge in [-0.05, 0) is 32.4 Å². The molecule has 1 aliphatic rings. The number of benzene rings is 1. The summed E-state index contributed by atoms with van der Waals surface area (Å²) in [4.78, 5) is 48.8. The van der Waals surface area contributed by atoms with Crippen LogP contribution in [0.2, 0.25) is 0 Å². The molecule has 1 amide bonds. The first-order valence-corrected chi connectivity index (χ1v) is 13.3. The van der Waals surface area contributed by atoms with Gasteiger partial charge in [-0.1, -0.05) is 6.07 Å². The minimum atomic E-state index is -4.75. The molecule has 16 heteroatoms. The van der Waals surface area contributed by atoms with Crippen LogP contribution in [0, 0.1) is 12.7 Å². The fraction of sp³-hybridized carbons (Fsp3) is 0.400. The molecule has 11 nitrogen and oxygen atoms in total. The Balaban J connectivity index is 1.33. The van der Waals surface area contributed by atoms with E-state index in [-0.39, 0.29) is 41.5 Å². The third kappa shape index (κ3) is 5.36. The number of amides is 1. The van der Waals surface area contributed by atoms with Crippen molar-refractivity contribution in [1.82, 2.24) is 23.7 Å². The van der Waals surface area contributed by atoms with E-state index < -0.39 is 41.5 Å². The van der Waals surface area contributed by atoms with Gasteiger partial charge in [-0.2, -0.15) is 0 Å². The standard InChI is InChI=1S/C25H25F4N7O4S/c1-12(36-11-30-20-19(36)22(38)34(4)24(39)33(20)3)21(37)32-23-31-18(13(2)41-23)14-5-6-17(16(26)9-14)35-8-7-15(10-35)40-25(27,28)29/h5-6,9,11-12,15H,7-8,10H2,1-4H3,(H,31,32,37)/t12-,15-/m0/s1. The van der Waals surface area contributed by atoms with E-state index in [0.29, 0.717) is 16.1 Å². The Labute approximate surface area is 233 Å². The summed E-state index contributed by atoms with van der Waals surface area (Å²) in [5.74, 6) is -1.11. The van der Waals surface area contributed by atoms with Gasteiger partial charge in [0.05, 0.1) is 23.8 Å². The van der Waals surface area contributed by atoms with E-state index in [2.05, 4.69) is 20.0 Å². The van der Waals surface area contributed by atoms with Crippen molar-refractivity contribution in [2.24, 2.45) is 14.1 Å². The maximum absolute atomic E-state index is 15.1. The minimum absolute atomic E-state index is 0.0888. The third-order valence-electron chi connectivity index (χ3n) is 7.00. The van der Waals surface area contributed by atoms with E-state index in [0.717, 1.165) is 4.57 Å². The lowest BCUT2D eigenvalue weighted by Gasteiger charge is -2.20. The highest BCUT2D eigenvalue weighted by atomic mass is 32.1. The summed E-state index contributed by atoms with van der Waals surface area (Å²) in [6.07, 6.45) is -4.39. The molecule has 0 bridgehead atoms. The maximum atomic E-state index is 15.1. The third-order valence-corrected chi connectivity index (χ3v) is 7.89. The second-order valence-corrected chi connectivity index (χ2v) is 10.9. The number of thiazole rings is 1. The van der Waals surface area contributed by atoms with Gasteiger partial charge >= 0.3 is 12.1 Å². The summed E-state index contributed by atoms with van der Waals surface area (Å²) in [5.41, 5.74) is 0.135. The first kappa shape index (κ1) is 28.5. The number of carbonyl (C=O) groups is 1. The fourth-order valence-electron chi connectivity index (χ4n) is 4.85. The molecule has 1 N–H and O–H groups in total. The average Bonchev–Trinajstić information content (AvgIpc) is 3.63. The van der Waals surface area contributed by atoms with Crippen LogP contribution in [0.4, 0.5) is 28.4 Å². The SMILES string of the molecule is Cc1sc(NC(=O)[C@H](C)n2cnc3c2c(=O)n(C)c(=O)n3C)nc1-c1ccc(N2CC[C@H](OC(F)(F)F)C2)c(F)c1. The predicted octanol–water partition coefficient (Wildman–Crippen LogP) is 3.32. The largest absolute Gasteiger partial charge is 0.522 e. The Morgan fingerprint density at radius 2 is 1.95 bits per heavy atom. The summed E-state index contributed by atoms with van der Waals surface area (Å²) in [7, 11) is 2.82. The second kappa shape index (κ2) is 10.4. The van der Waals surface area contributed by atoms with Crippen molar-refractivity contribution in [3.8, 4) is 11.3 Å². The van der Waals surface area contributed by atoms with E-state index in [1.54, 1.807) is 19.9 Å². The Morgan fingerprint density at radius 1 is 1.22 bits per heavy atom. The fourth-order valence-corrected chi connectivity index (χ4v) is 5.69. The molecule has 5 rings (SSSR count). The number of ether oxygens (including phenoxy) is 1. The van der Waals surface area contributed by atoms with Gasteiger partial charge in [-0.25, -0.2) is 19.2 Å². The number of alkyl halides is 3. The van der Waals surface area contributed by atoms with Gasteiger partial charge in [0.15, 0.2) is 16.3 Å². The summed E-state index contributed by atoms with van der Waals surface area (Å²) in [6, 6.07) is 3.46. The van der Waals surface area contributed by atoms with Crippen molar-refractivity contribution in [3.05, 3.63) is 56.1 Å². The Morgan fingerprint density at radius 3 is 2.63 bits per heavy atom. The molecule has 0 spiro atoms. The number of nitrogens with one attached hydrogen (secondary N) is 1. The lowest BCUT2D eigenvalue weighted by atomic mass is 10.1. The van der Waals surface area contributed by atoms with Crippen LogP contribution < -0.4 is 21.5 Å². The van der Waals surface area contributed by atoms with Crippen molar-refractivity contribution < 1.29 is 27.1 Å². The molecule has 4 heterocycles. The highest BCUT2D eigenvalue weighted by Crippen LogP contribution is 2.35. The van der Waals surface area contributed by atoms with E-state index >= 15 is 4.39 Å². The van der Waals surface area contributed by atoms with Crippen LogP contribution in [0.25, 0.3) is 22.4 Å². The number of carbonyl (C=O) groups excluding carboxylic acids is 1. The lowest BCUT2D eigenvalue weighted by molar-refractivity contribution is -0.339. The van der Waals surface area contributed by atoms with Gasteiger partial charge < -0.3 is 14.8 Å².